The molecule has 0 atom stereocenters. The highest BCUT2D eigenvalue weighted by Crippen LogP contribution is 2.23. The first-order valence-electron chi connectivity index (χ1n) is 8.65. The predicted molar refractivity (Wildman–Crippen MR) is 108 cm³/mol. The van der Waals surface area contributed by atoms with E-state index in [0.717, 1.165) is 12.8 Å². The topological polar surface area (TPSA) is 106 Å². The van der Waals surface area contributed by atoms with Gasteiger partial charge in [-0.05, 0) is 37.1 Å². The van der Waals surface area contributed by atoms with E-state index in [-0.39, 0.29) is 21.3 Å². The molecule has 3 rings (SSSR count). The van der Waals surface area contributed by atoms with Gasteiger partial charge in [0.15, 0.2) is 12.4 Å². The lowest BCUT2D eigenvalue weighted by molar-refractivity contribution is -0.119. The fourth-order valence-electron chi connectivity index (χ4n) is 2.75. The second kappa shape index (κ2) is 9.08. The molecule has 0 radical (unpaired) electrons. The van der Waals surface area contributed by atoms with Gasteiger partial charge in [0.1, 0.15) is 0 Å². The third-order valence-electron chi connectivity index (χ3n) is 4.17. The maximum Gasteiger partial charge on any atom is 0.338 e. The summed E-state index contributed by atoms with van der Waals surface area (Å²) in [7, 11) is -3.66. The Morgan fingerprint density at radius 3 is 2.59 bits per heavy atom. The van der Waals surface area contributed by atoms with Crippen molar-refractivity contribution in [1.82, 2.24) is 9.29 Å². The van der Waals surface area contributed by atoms with Crippen molar-refractivity contribution in [2.24, 2.45) is 0 Å². The van der Waals surface area contributed by atoms with Crippen molar-refractivity contribution in [3.05, 3.63) is 52.1 Å². The molecule has 1 aliphatic rings. The summed E-state index contributed by atoms with van der Waals surface area (Å²) in [5.41, 5.74) is 0.0284. The summed E-state index contributed by atoms with van der Waals surface area (Å²) in [5.74, 6) is -1.40. The molecule has 0 bridgehead atoms. The molecule has 0 saturated carbocycles. The van der Waals surface area contributed by atoms with Gasteiger partial charge in [-0.2, -0.15) is 4.31 Å². The fraction of sp³-hybridized carbons (Fsp3) is 0.278. The predicted octanol–water partition coefficient (Wildman–Crippen LogP) is 2.97. The third kappa shape index (κ3) is 5.24. The Labute approximate surface area is 177 Å². The first-order valence-corrected chi connectivity index (χ1v) is 10.9. The number of carbonyl (C=O) groups is 2. The van der Waals surface area contributed by atoms with E-state index < -0.39 is 28.5 Å². The Kier molecular flexibility index (Phi) is 6.74. The van der Waals surface area contributed by atoms with Crippen LogP contribution in [-0.2, 0) is 19.6 Å². The lowest BCUT2D eigenvalue weighted by atomic mass is 10.2. The molecule has 2 heterocycles. The van der Waals surface area contributed by atoms with E-state index in [2.05, 4.69) is 10.3 Å². The molecule has 0 spiro atoms. The normalized spacial score (nSPS) is 14.6. The van der Waals surface area contributed by atoms with Gasteiger partial charge in [0, 0.05) is 19.3 Å². The van der Waals surface area contributed by atoms with E-state index in [1.165, 1.54) is 40.8 Å². The van der Waals surface area contributed by atoms with Crippen LogP contribution in [0.15, 0.2) is 41.4 Å². The minimum absolute atomic E-state index is 0.00967. The maximum absolute atomic E-state index is 12.6. The molecule has 1 N–H and O–H groups in total. The van der Waals surface area contributed by atoms with E-state index in [9.17, 15) is 18.0 Å². The number of carbonyl (C=O) groups excluding carboxylic acids is 2. The highest BCUT2D eigenvalue weighted by molar-refractivity contribution is 7.89. The second-order valence-corrected chi connectivity index (χ2v) is 9.03. The van der Waals surface area contributed by atoms with Crippen LogP contribution in [-0.4, -0.2) is 49.3 Å². The Balaban J connectivity index is 1.63. The Morgan fingerprint density at radius 2 is 1.90 bits per heavy atom. The number of halogens is 2. The van der Waals surface area contributed by atoms with Crippen LogP contribution in [0.5, 0.6) is 0 Å². The lowest BCUT2D eigenvalue weighted by Gasteiger charge is -2.15. The largest absolute Gasteiger partial charge is 0.452 e. The molecule has 154 valence electrons. The number of hydrogen-bond donors (Lipinski definition) is 1. The van der Waals surface area contributed by atoms with Crippen LogP contribution in [0.3, 0.4) is 0 Å². The minimum atomic E-state index is -3.66. The molecule has 1 amide bonds. The number of esters is 1. The zero-order valence-electron chi connectivity index (χ0n) is 15.1. The van der Waals surface area contributed by atoms with Crippen LogP contribution in [0.2, 0.25) is 10.0 Å². The summed E-state index contributed by atoms with van der Waals surface area (Å²) < 4.78 is 31.6. The molecule has 29 heavy (non-hydrogen) atoms. The number of pyridine rings is 1. The number of sulfonamides is 1. The van der Waals surface area contributed by atoms with E-state index in [1.54, 1.807) is 0 Å². The number of benzene rings is 1. The zero-order chi connectivity index (χ0) is 21.0. The Bertz CT molecular complexity index is 1040. The monoisotopic (exact) mass is 457 g/mol. The molecule has 1 aromatic carbocycles. The van der Waals surface area contributed by atoms with E-state index >= 15 is 0 Å². The van der Waals surface area contributed by atoms with Crippen LogP contribution >= 0.6 is 23.2 Å². The van der Waals surface area contributed by atoms with Crippen molar-refractivity contribution < 1.29 is 22.7 Å². The molecule has 1 aromatic heterocycles. The maximum atomic E-state index is 12.6. The Morgan fingerprint density at radius 1 is 1.17 bits per heavy atom. The summed E-state index contributed by atoms with van der Waals surface area (Å²) in [6.07, 6.45) is 2.92. The molecule has 2 aromatic rings. The number of amides is 1. The van der Waals surface area contributed by atoms with Gasteiger partial charge in [-0.25, -0.2) is 18.2 Å². The first kappa shape index (κ1) is 21.5. The van der Waals surface area contributed by atoms with Crippen molar-refractivity contribution in [2.75, 3.05) is 25.0 Å². The van der Waals surface area contributed by atoms with Crippen molar-refractivity contribution in [3.63, 3.8) is 0 Å². The third-order valence-corrected chi connectivity index (χ3v) is 6.56. The number of rotatable bonds is 6. The quantitative estimate of drug-likeness (QED) is 0.668. The van der Waals surface area contributed by atoms with Crippen LogP contribution in [0.4, 0.5) is 5.82 Å². The molecule has 1 saturated heterocycles. The van der Waals surface area contributed by atoms with E-state index in [1.807, 2.05) is 0 Å². The van der Waals surface area contributed by atoms with Crippen molar-refractivity contribution in [1.29, 1.82) is 0 Å². The van der Waals surface area contributed by atoms with E-state index in [4.69, 9.17) is 27.9 Å². The highest BCUT2D eigenvalue weighted by Gasteiger charge is 2.27. The van der Waals surface area contributed by atoms with E-state index in [0.29, 0.717) is 18.1 Å². The van der Waals surface area contributed by atoms with Gasteiger partial charge >= 0.3 is 5.97 Å². The summed E-state index contributed by atoms with van der Waals surface area (Å²) >= 11 is 11.7. The van der Waals surface area contributed by atoms with Gasteiger partial charge in [-0.1, -0.05) is 29.3 Å². The number of nitrogens with one attached hydrogen (secondary N) is 1. The number of nitrogens with zero attached hydrogens (tertiary/aromatic N) is 2. The molecule has 0 aliphatic carbocycles. The lowest BCUT2D eigenvalue weighted by Crippen LogP contribution is -2.28. The molecule has 8 nitrogen and oxygen atoms in total. The first-order chi connectivity index (χ1) is 13.8. The fourth-order valence-corrected chi connectivity index (χ4v) is 4.74. The number of hydrogen-bond acceptors (Lipinski definition) is 6. The smallest absolute Gasteiger partial charge is 0.338 e. The Hall–Kier alpha value is -2.20. The van der Waals surface area contributed by atoms with Gasteiger partial charge < -0.3 is 10.1 Å². The number of anilines is 1. The molecular formula is C18H17Cl2N3O5S. The van der Waals surface area contributed by atoms with Crippen molar-refractivity contribution in [3.8, 4) is 0 Å². The average molecular weight is 458 g/mol. The number of ether oxygens (including phenoxy) is 1. The number of aromatic nitrogens is 1. The van der Waals surface area contributed by atoms with Crippen LogP contribution in [0, 0.1) is 0 Å². The average Bonchev–Trinajstić information content (AvgIpc) is 3.24. The highest BCUT2D eigenvalue weighted by atomic mass is 35.5. The molecule has 11 heteroatoms. The molecule has 1 fully saturated rings. The summed E-state index contributed by atoms with van der Waals surface area (Å²) in [4.78, 5) is 28.1. The van der Waals surface area contributed by atoms with Gasteiger partial charge in [-0.15, -0.1) is 0 Å². The zero-order valence-corrected chi connectivity index (χ0v) is 17.4. The van der Waals surface area contributed by atoms with Gasteiger partial charge in [-0.3, -0.25) is 4.79 Å². The SMILES string of the molecule is O=C(COC(=O)c1cccc(S(=O)(=O)N2CCCC2)c1)Nc1ncc(Cl)cc1Cl. The molecular weight excluding hydrogens is 441 g/mol. The van der Waals surface area contributed by atoms with Crippen molar-refractivity contribution >= 4 is 50.9 Å². The van der Waals surface area contributed by atoms with Crippen LogP contribution < -0.4 is 5.32 Å². The van der Waals surface area contributed by atoms with Crippen molar-refractivity contribution in [2.45, 2.75) is 17.7 Å². The summed E-state index contributed by atoms with van der Waals surface area (Å²) in [6.45, 7) is 0.319. The summed E-state index contributed by atoms with van der Waals surface area (Å²) in [5, 5.41) is 2.84. The summed E-state index contributed by atoms with van der Waals surface area (Å²) in [6, 6.07) is 6.94. The second-order valence-electron chi connectivity index (χ2n) is 6.25. The minimum Gasteiger partial charge on any atom is -0.452 e. The standard InChI is InChI=1S/C18H17Cl2N3O5S/c19-13-9-15(20)17(21-10-13)22-16(24)11-28-18(25)12-4-3-5-14(8-12)29(26,27)23-6-1-2-7-23/h3-5,8-10H,1-2,6-7,11H2,(H,21,22,24). The molecule has 1 aliphatic heterocycles. The van der Waals surface area contributed by atoms with Gasteiger partial charge in [0.05, 0.1) is 20.5 Å². The van der Waals surface area contributed by atoms with Crippen LogP contribution in [0.1, 0.15) is 23.2 Å². The van der Waals surface area contributed by atoms with Gasteiger partial charge in [0.2, 0.25) is 10.0 Å². The van der Waals surface area contributed by atoms with Gasteiger partial charge in [0.25, 0.3) is 5.91 Å². The van der Waals surface area contributed by atoms with Crippen LogP contribution in [0.25, 0.3) is 0 Å². The molecule has 0 unspecified atom stereocenters.